The summed E-state index contributed by atoms with van der Waals surface area (Å²) >= 11 is 0. The van der Waals surface area contributed by atoms with Crippen LogP contribution in [0.3, 0.4) is 0 Å². The Kier molecular flexibility index (Phi) is 4.65. The third-order valence-electron chi connectivity index (χ3n) is 4.81. The molecule has 0 aliphatic heterocycles. The van der Waals surface area contributed by atoms with E-state index >= 15 is 0 Å². The van der Waals surface area contributed by atoms with Crippen molar-refractivity contribution in [3.8, 4) is 5.69 Å². The third-order valence-corrected chi connectivity index (χ3v) is 4.81. The summed E-state index contributed by atoms with van der Waals surface area (Å²) in [5, 5.41) is 4.65. The Morgan fingerprint density at radius 1 is 1.00 bits per heavy atom. The number of aromatic nitrogens is 5. The first-order chi connectivity index (χ1) is 13.8. The molecular weight excluding hydrogens is 381 g/mol. The first-order valence-corrected chi connectivity index (χ1v) is 8.86. The van der Waals surface area contributed by atoms with Crippen molar-refractivity contribution in [3.05, 3.63) is 72.6 Å². The van der Waals surface area contributed by atoms with Crippen LogP contribution in [0.1, 0.15) is 24.4 Å². The molecule has 0 aliphatic carbocycles. The molecule has 0 amide bonds. The molecule has 2 heterocycles. The Hall–Kier alpha value is -3.49. The first-order valence-electron chi connectivity index (χ1n) is 8.86. The SMILES string of the molecule is CC(c1ccc(-n2cncn2)cc1)N(C)c1nc(C(F)(F)F)nc2ccccc12. The van der Waals surface area contributed by atoms with Crippen LogP contribution < -0.4 is 4.90 Å². The lowest BCUT2D eigenvalue weighted by Crippen LogP contribution is -2.25. The normalized spacial score (nSPS) is 12.9. The molecule has 9 heteroatoms. The summed E-state index contributed by atoms with van der Waals surface area (Å²) in [5.74, 6) is -0.914. The van der Waals surface area contributed by atoms with Crippen LogP contribution in [0.15, 0.2) is 61.2 Å². The van der Waals surface area contributed by atoms with Crippen LogP contribution in [-0.4, -0.2) is 31.8 Å². The number of benzene rings is 2. The van der Waals surface area contributed by atoms with Crippen LogP contribution >= 0.6 is 0 Å². The minimum Gasteiger partial charge on any atom is -0.352 e. The zero-order valence-corrected chi connectivity index (χ0v) is 15.7. The quantitative estimate of drug-likeness (QED) is 0.509. The lowest BCUT2D eigenvalue weighted by Gasteiger charge is -2.28. The van der Waals surface area contributed by atoms with E-state index in [-0.39, 0.29) is 17.4 Å². The Morgan fingerprint density at radius 2 is 1.72 bits per heavy atom. The number of rotatable bonds is 4. The maximum atomic E-state index is 13.3. The minimum absolute atomic E-state index is 0.223. The maximum Gasteiger partial charge on any atom is 0.451 e. The van der Waals surface area contributed by atoms with Crippen LogP contribution in [0.4, 0.5) is 19.0 Å². The van der Waals surface area contributed by atoms with Crippen molar-refractivity contribution in [2.75, 3.05) is 11.9 Å². The van der Waals surface area contributed by atoms with Gasteiger partial charge in [-0.05, 0) is 36.8 Å². The van der Waals surface area contributed by atoms with Gasteiger partial charge in [0.1, 0.15) is 18.5 Å². The van der Waals surface area contributed by atoms with E-state index in [0.717, 1.165) is 11.3 Å². The highest BCUT2D eigenvalue weighted by Crippen LogP contribution is 2.34. The Balaban J connectivity index is 1.71. The number of anilines is 1. The van der Waals surface area contributed by atoms with Gasteiger partial charge in [0.15, 0.2) is 0 Å². The Labute approximate surface area is 164 Å². The molecule has 0 saturated carbocycles. The molecule has 29 heavy (non-hydrogen) atoms. The summed E-state index contributed by atoms with van der Waals surface area (Å²) in [6.45, 7) is 1.91. The number of hydrogen-bond acceptors (Lipinski definition) is 5. The smallest absolute Gasteiger partial charge is 0.352 e. The number of nitrogens with zero attached hydrogens (tertiary/aromatic N) is 6. The van der Waals surface area contributed by atoms with Crippen molar-refractivity contribution in [3.63, 3.8) is 0 Å². The molecule has 0 aliphatic rings. The molecule has 4 rings (SSSR count). The number of fused-ring (bicyclic) bond motifs is 1. The largest absolute Gasteiger partial charge is 0.451 e. The van der Waals surface area contributed by atoms with Gasteiger partial charge in [-0.15, -0.1) is 0 Å². The van der Waals surface area contributed by atoms with Gasteiger partial charge in [-0.2, -0.15) is 18.3 Å². The van der Waals surface area contributed by atoms with E-state index in [1.807, 2.05) is 31.2 Å². The van der Waals surface area contributed by atoms with Crippen molar-refractivity contribution in [2.45, 2.75) is 19.1 Å². The summed E-state index contributed by atoms with van der Waals surface area (Å²) in [6.07, 6.45) is -1.58. The molecule has 1 unspecified atom stereocenters. The van der Waals surface area contributed by atoms with E-state index in [1.165, 1.54) is 6.33 Å². The monoisotopic (exact) mass is 398 g/mol. The molecule has 1 atom stereocenters. The molecule has 0 spiro atoms. The predicted octanol–water partition coefficient (Wildman–Crippen LogP) is 4.43. The molecule has 0 fully saturated rings. The average Bonchev–Trinajstić information content (AvgIpc) is 3.26. The molecule has 4 aromatic rings. The molecule has 0 N–H and O–H groups in total. The molecule has 2 aromatic carbocycles. The zero-order chi connectivity index (χ0) is 20.6. The van der Waals surface area contributed by atoms with E-state index in [9.17, 15) is 13.2 Å². The maximum absolute atomic E-state index is 13.3. The van der Waals surface area contributed by atoms with Gasteiger partial charge >= 0.3 is 6.18 Å². The van der Waals surface area contributed by atoms with Crippen LogP contribution in [0.5, 0.6) is 0 Å². The summed E-state index contributed by atoms with van der Waals surface area (Å²) < 4.78 is 41.5. The fourth-order valence-electron chi connectivity index (χ4n) is 3.11. The predicted molar refractivity (Wildman–Crippen MR) is 103 cm³/mol. The van der Waals surface area contributed by atoms with Crippen molar-refractivity contribution < 1.29 is 13.2 Å². The van der Waals surface area contributed by atoms with Crippen LogP contribution in [0.25, 0.3) is 16.6 Å². The lowest BCUT2D eigenvalue weighted by atomic mass is 10.1. The lowest BCUT2D eigenvalue weighted by molar-refractivity contribution is -0.144. The number of hydrogen-bond donors (Lipinski definition) is 0. The van der Waals surface area contributed by atoms with Gasteiger partial charge in [-0.25, -0.2) is 19.6 Å². The van der Waals surface area contributed by atoms with Gasteiger partial charge in [0.2, 0.25) is 5.82 Å². The van der Waals surface area contributed by atoms with Gasteiger partial charge in [0.25, 0.3) is 0 Å². The van der Waals surface area contributed by atoms with Gasteiger partial charge in [0, 0.05) is 12.4 Å². The second-order valence-corrected chi connectivity index (χ2v) is 6.60. The highest BCUT2D eigenvalue weighted by molar-refractivity contribution is 5.89. The number of alkyl halides is 3. The van der Waals surface area contributed by atoms with Crippen molar-refractivity contribution in [1.29, 1.82) is 0 Å². The zero-order valence-electron chi connectivity index (χ0n) is 15.7. The fourth-order valence-corrected chi connectivity index (χ4v) is 3.11. The summed E-state index contributed by atoms with van der Waals surface area (Å²) in [6, 6.07) is 14.1. The van der Waals surface area contributed by atoms with Crippen LogP contribution in [0.2, 0.25) is 0 Å². The topological polar surface area (TPSA) is 59.7 Å². The van der Waals surface area contributed by atoms with Gasteiger partial charge in [-0.1, -0.05) is 24.3 Å². The Morgan fingerprint density at radius 3 is 2.38 bits per heavy atom. The van der Waals surface area contributed by atoms with Crippen molar-refractivity contribution in [2.24, 2.45) is 0 Å². The summed E-state index contributed by atoms with van der Waals surface area (Å²) in [5.41, 5.74) is 2.02. The molecule has 2 aromatic heterocycles. The van der Waals surface area contributed by atoms with Crippen molar-refractivity contribution >= 4 is 16.7 Å². The van der Waals surface area contributed by atoms with E-state index < -0.39 is 12.0 Å². The third kappa shape index (κ3) is 3.63. The molecule has 0 saturated heterocycles. The molecule has 0 bridgehead atoms. The van der Waals surface area contributed by atoms with Gasteiger partial charge in [0.05, 0.1) is 17.2 Å². The standard InChI is InChI=1S/C20H17F3N6/c1-13(14-7-9-15(10-8-14)29-12-24-11-25-29)28(2)18-16-5-3-4-6-17(16)26-19(27-18)20(21,22)23/h3-13H,1-2H3. The minimum atomic E-state index is -4.62. The Bertz CT molecular complexity index is 1120. The second kappa shape index (κ2) is 7.16. The van der Waals surface area contributed by atoms with Crippen molar-refractivity contribution in [1.82, 2.24) is 24.7 Å². The summed E-state index contributed by atoms with van der Waals surface area (Å²) in [4.78, 5) is 13.2. The number of halogens is 3. The van der Waals surface area contributed by atoms with E-state index in [2.05, 4.69) is 20.1 Å². The molecule has 6 nitrogen and oxygen atoms in total. The fraction of sp³-hybridized carbons (Fsp3) is 0.200. The van der Waals surface area contributed by atoms with E-state index in [1.54, 1.807) is 47.2 Å². The number of para-hydroxylation sites is 1. The molecule has 148 valence electrons. The van der Waals surface area contributed by atoms with Gasteiger partial charge in [-0.3, -0.25) is 0 Å². The second-order valence-electron chi connectivity index (χ2n) is 6.60. The molecular formula is C20H17F3N6. The van der Waals surface area contributed by atoms with Crippen LogP contribution in [0, 0.1) is 0 Å². The molecule has 0 radical (unpaired) electrons. The van der Waals surface area contributed by atoms with Crippen LogP contribution in [-0.2, 0) is 6.18 Å². The highest BCUT2D eigenvalue weighted by Gasteiger charge is 2.36. The van der Waals surface area contributed by atoms with Gasteiger partial charge < -0.3 is 4.90 Å². The first kappa shape index (κ1) is 18.9. The average molecular weight is 398 g/mol. The summed E-state index contributed by atoms with van der Waals surface area (Å²) in [7, 11) is 1.73. The highest BCUT2D eigenvalue weighted by atomic mass is 19.4. The van der Waals surface area contributed by atoms with E-state index in [0.29, 0.717) is 5.39 Å². The van der Waals surface area contributed by atoms with E-state index in [4.69, 9.17) is 0 Å².